The van der Waals surface area contributed by atoms with Gasteiger partial charge in [-0.05, 0) is 37.8 Å². The first-order valence-corrected chi connectivity index (χ1v) is 12.6. The van der Waals surface area contributed by atoms with Crippen molar-refractivity contribution in [1.29, 1.82) is 0 Å². The van der Waals surface area contributed by atoms with Gasteiger partial charge in [0.25, 0.3) is 5.56 Å². The number of benzene rings is 1. The Bertz CT molecular complexity index is 1320. The molecule has 1 fully saturated rings. The Morgan fingerprint density at radius 1 is 1.17 bits per heavy atom. The van der Waals surface area contributed by atoms with Crippen molar-refractivity contribution in [3.8, 4) is 11.4 Å². The average molecular weight is 500 g/mol. The highest BCUT2D eigenvalue weighted by atomic mass is 32.2. The fourth-order valence-corrected chi connectivity index (χ4v) is 5.00. The van der Waals surface area contributed by atoms with E-state index in [2.05, 4.69) is 20.1 Å². The van der Waals surface area contributed by atoms with Crippen LogP contribution in [0.5, 0.6) is 5.75 Å². The van der Waals surface area contributed by atoms with Crippen molar-refractivity contribution in [2.75, 3.05) is 36.6 Å². The van der Waals surface area contributed by atoms with E-state index in [1.807, 2.05) is 35.8 Å². The number of methoxy groups -OCH3 is 1. The van der Waals surface area contributed by atoms with Crippen LogP contribution in [-0.2, 0) is 6.54 Å². The zero-order valence-electron chi connectivity index (χ0n) is 19.8. The van der Waals surface area contributed by atoms with Gasteiger partial charge in [-0.2, -0.15) is 0 Å². The van der Waals surface area contributed by atoms with Crippen LogP contribution in [0.3, 0.4) is 0 Å². The van der Waals surface area contributed by atoms with Crippen molar-refractivity contribution in [3.05, 3.63) is 50.7 Å². The number of hydrogen-bond acceptors (Lipinski definition) is 9. The molecule has 3 heterocycles. The summed E-state index contributed by atoms with van der Waals surface area (Å²) in [5, 5.41) is 9.30. The van der Waals surface area contributed by atoms with E-state index in [1.54, 1.807) is 7.11 Å². The molecule has 0 bridgehead atoms. The third-order valence-electron chi connectivity index (χ3n) is 5.88. The first kappa shape index (κ1) is 24.6. The molecule has 4 rings (SSSR count). The van der Waals surface area contributed by atoms with E-state index >= 15 is 0 Å². The summed E-state index contributed by atoms with van der Waals surface area (Å²) in [6, 6.07) is 7.54. The van der Waals surface area contributed by atoms with Crippen LogP contribution in [0, 0.1) is 0 Å². The molecule has 0 spiro atoms. The number of piperidine rings is 1. The molecule has 0 atom stereocenters. The molecule has 12 heteroatoms. The second kappa shape index (κ2) is 10.8. The van der Waals surface area contributed by atoms with Gasteiger partial charge in [-0.25, -0.2) is 4.79 Å². The van der Waals surface area contributed by atoms with Crippen molar-refractivity contribution in [3.63, 3.8) is 0 Å². The minimum atomic E-state index is -0.786. The van der Waals surface area contributed by atoms with Crippen LogP contribution in [0.4, 0.5) is 11.8 Å². The Kier molecular flexibility index (Phi) is 7.59. The SMILES string of the molecule is CCCn1c(N)c(C(=O)CSc2nnc(N3CCCCC3)n2-c2ccccc2OC)c(=O)[nH]c1=O. The molecule has 2 aromatic heterocycles. The Morgan fingerprint density at radius 3 is 2.63 bits per heavy atom. The van der Waals surface area contributed by atoms with E-state index in [-0.39, 0.29) is 17.1 Å². The molecule has 3 aromatic rings. The fraction of sp³-hybridized carbons (Fsp3) is 0.435. The van der Waals surface area contributed by atoms with Crippen molar-refractivity contribution >= 4 is 29.3 Å². The zero-order valence-corrected chi connectivity index (χ0v) is 20.6. The van der Waals surface area contributed by atoms with Gasteiger partial charge in [0.05, 0.1) is 18.6 Å². The average Bonchev–Trinajstić information content (AvgIpc) is 3.29. The van der Waals surface area contributed by atoms with Crippen molar-refractivity contribution in [2.45, 2.75) is 44.3 Å². The number of rotatable bonds is 9. The first-order chi connectivity index (χ1) is 17.0. The van der Waals surface area contributed by atoms with Gasteiger partial charge < -0.3 is 15.4 Å². The second-order valence-corrected chi connectivity index (χ2v) is 9.16. The Labute approximate surface area is 206 Å². The number of hydrogen-bond donors (Lipinski definition) is 2. The molecule has 1 aromatic carbocycles. The van der Waals surface area contributed by atoms with Crippen LogP contribution in [0.25, 0.3) is 5.69 Å². The quantitative estimate of drug-likeness (QED) is 0.334. The van der Waals surface area contributed by atoms with Gasteiger partial charge in [-0.1, -0.05) is 30.8 Å². The van der Waals surface area contributed by atoms with Gasteiger partial charge in [0, 0.05) is 19.6 Å². The Balaban J connectivity index is 1.68. The number of thioether (sulfide) groups is 1. The number of ketones is 1. The molecule has 0 radical (unpaired) electrons. The third kappa shape index (κ3) is 4.97. The number of carbonyl (C=O) groups excluding carboxylic acids is 1. The number of ether oxygens (including phenoxy) is 1. The van der Waals surface area contributed by atoms with E-state index in [1.165, 1.54) is 11.0 Å². The number of nitrogens with one attached hydrogen (secondary N) is 1. The summed E-state index contributed by atoms with van der Waals surface area (Å²) in [5.74, 6) is 0.605. The number of nitrogens with two attached hydrogens (primary N) is 1. The number of para-hydroxylation sites is 2. The molecule has 1 aliphatic heterocycles. The molecule has 3 N–H and O–H groups in total. The highest BCUT2D eigenvalue weighted by molar-refractivity contribution is 7.99. The lowest BCUT2D eigenvalue weighted by molar-refractivity contribution is 0.102. The summed E-state index contributed by atoms with van der Waals surface area (Å²) in [7, 11) is 1.60. The van der Waals surface area contributed by atoms with Gasteiger partial charge in [0.2, 0.25) is 5.95 Å². The molecule has 0 unspecified atom stereocenters. The number of Topliss-reactive ketones (excluding diaryl/α,β-unsaturated/α-hetero) is 1. The van der Waals surface area contributed by atoms with Crippen LogP contribution < -0.4 is 26.6 Å². The maximum Gasteiger partial charge on any atom is 0.329 e. The molecule has 0 saturated carbocycles. The highest BCUT2D eigenvalue weighted by Crippen LogP contribution is 2.33. The first-order valence-electron chi connectivity index (χ1n) is 11.6. The van der Waals surface area contributed by atoms with Crippen LogP contribution in [0.15, 0.2) is 39.0 Å². The Hall–Kier alpha value is -3.54. The molecular formula is C23H29N7O4S. The van der Waals surface area contributed by atoms with E-state index in [9.17, 15) is 14.4 Å². The van der Waals surface area contributed by atoms with Gasteiger partial charge >= 0.3 is 5.69 Å². The molecule has 1 aliphatic rings. The number of nitrogens with zero attached hydrogens (tertiary/aromatic N) is 5. The van der Waals surface area contributed by atoms with Crippen molar-refractivity contribution < 1.29 is 9.53 Å². The van der Waals surface area contributed by atoms with Gasteiger partial charge in [-0.3, -0.25) is 23.7 Å². The van der Waals surface area contributed by atoms with Gasteiger partial charge in [-0.15, -0.1) is 10.2 Å². The monoisotopic (exact) mass is 499 g/mol. The van der Waals surface area contributed by atoms with Crippen LogP contribution in [-0.4, -0.2) is 56.1 Å². The van der Waals surface area contributed by atoms with E-state index < -0.39 is 17.0 Å². The smallest absolute Gasteiger partial charge is 0.329 e. The minimum Gasteiger partial charge on any atom is -0.495 e. The predicted molar refractivity (Wildman–Crippen MR) is 135 cm³/mol. The third-order valence-corrected chi connectivity index (χ3v) is 6.81. The summed E-state index contributed by atoms with van der Waals surface area (Å²) in [6.07, 6.45) is 3.93. The minimum absolute atomic E-state index is 0.106. The van der Waals surface area contributed by atoms with Crippen LogP contribution >= 0.6 is 11.8 Å². The van der Waals surface area contributed by atoms with Crippen molar-refractivity contribution in [2.24, 2.45) is 0 Å². The molecule has 0 amide bonds. The summed E-state index contributed by atoms with van der Waals surface area (Å²) in [5.41, 5.74) is 5.18. The summed E-state index contributed by atoms with van der Waals surface area (Å²) >= 11 is 1.15. The normalized spacial score (nSPS) is 13.7. The van der Waals surface area contributed by atoms with E-state index in [0.717, 1.165) is 43.4 Å². The molecule has 0 aliphatic carbocycles. The largest absolute Gasteiger partial charge is 0.495 e. The standard InChI is InChI=1S/C23H29N7O4S/c1-3-11-29-19(24)18(20(32)25-22(29)33)16(31)14-35-23-27-26-21(28-12-7-4-8-13-28)30(23)15-9-5-6-10-17(15)34-2/h5-6,9-10H,3-4,7-8,11-14,24H2,1-2H3,(H,25,32,33). The number of carbonyl (C=O) groups is 1. The second-order valence-electron chi connectivity index (χ2n) is 8.22. The molecule has 186 valence electrons. The maximum absolute atomic E-state index is 13.1. The Morgan fingerprint density at radius 2 is 1.91 bits per heavy atom. The van der Waals surface area contributed by atoms with Crippen LogP contribution in [0.2, 0.25) is 0 Å². The molecular weight excluding hydrogens is 470 g/mol. The number of H-pyrrole nitrogens is 1. The van der Waals surface area contributed by atoms with Gasteiger partial charge in [0.15, 0.2) is 10.9 Å². The lowest BCUT2D eigenvalue weighted by Gasteiger charge is -2.28. The lowest BCUT2D eigenvalue weighted by atomic mass is 10.1. The van der Waals surface area contributed by atoms with E-state index in [0.29, 0.717) is 29.8 Å². The number of aromatic amines is 1. The highest BCUT2D eigenvalue weighted by Gasteiger charge is 2.25. The lowest BCUT2D eigenvalue weighted by Crippen LogP contribution is -2.36. The fourth-order valence-electron chi connectivity index (χ4n) is 4.18. The number of aromatic nitrogens is 5. The summed E-state index contributed by atoms with van der Waals surface area (Å²) in [4.78, 5) is 42.0. The van der Waals surface area contributed by atoms with Crippen molar-refractivity contribution in [1.82, 2.24) is 24.3 Å². The summed E-state index contributed by atoms with van der Waals surface area (Å²) in [6.45, 7) is 3.90. The molecule has 35 heavy (non-hydrogen) atoms. The zero-order chi connectivity index (χ0) is 24.9. The predicted octanol–water partition coefficient (Wildman–Crippen LogP) is 2.08. The maximum atomic E-state index is 13.1. The summed E-state index contributed by atoms with van der Waals surface area (Å²) < 4.78 is 8.67. The topological polar surface area (TPSA) is 141 Å². The van der Waals surface area contributed by atoms with Crippen LogP contribution in [0.1, 0.15) is 43.0 Å². The molecule has 1 saturated heterocycles. The number of anilines is 2. The van der Waals surface area contributed by atoms with Gasteiger partial charge in [0.1, 0.15) is 17.1 Å². The molecule has 11 nitrogen and oxygen atoms in total. The van der Waals surface area contributed by atoms with E-state index in [4.69, 9.17) is 10.5 Å². The number of nitrogen functional groups attached to an aromatic ring is 1.